The van der Waals surface area contributed by atoms with Gasteiger partial charge < -0.3 is 9.67 Å². The largest absolute Gasteiger partial charge is 0.388 e. The lowest BCUT2D eigenvalue weighted by Gasteiger charge is -2.18. The van der Waals surface area contributed by atoms with E-state index in [0.29, 0.717) is 5.41 Å². The lowest BCUT2D eigenvalue weighted by molar-refractivity contribution is 0.166. The van der Waals surface area contributed by atoms with E-state index < -0.39 is 0 Å². The Labute approximate surface area is 105 Å². The summed E-state index contributed by atoms with van der Waals surface area (Å²) in [7, 11) is 0. The standard InChI is InChI=1S/C15H25NO/c1-15(2,3)8-9-16-10-12-6-4-5-7-14(17)13(12)11-16/h10-11,14,17H,4-9H2,1-3H3. The van der Waals surface area contributed by atoms with Gasteiger partial charge in [0.25, 0.3) is 0 Å². The molecule has 1 atom stereocenters. The van der Waals surface area contributed by atoms with E-state index in [-0.39, 0.29) is 6.10 Å². The zero-order valence-electron chi connectivity index (χ0n) is 11.4. The summed E-state index contributed by atoms with van der Waals surface area (Å²) >= 11 is 0. The Bertz CT molecular complexity index is 373. The van der Waals surface area contributed by atoms with E-state index >= 15 is 0 Å². The lowest BCUT2D eigenvalue weighted by Crippen LogP contribution is -2.09. The number of aryl methyl sites for hydroxylation is 2. The van der Waals surface area contributed by atoms with Crippen LogP contribution in [0, 0.1) is 5.41 Å². The molecule has 0 spiro atoms. The average Bonchev–Trinajstić information content (AvgIpc) is 2.57. The van der Waals surface area contributed by atoms with Gasteiger partial charge in [-0.25, -0.2) is 0 Å². The topological polar surface area (TPSA) is 25.2 Å². The fourth-order valence-corrected chi connectivity index (χ4v) is 2.48. The van der Waals surface area contributed by atoms with Gasteiger partial charge in [-0.1, -0.05) is 27.2 Å². The number of aliphatic hydroxyl groups excluding tert-OH is 1. The third-order valence-corrected chi connectivity index (χ3v) is 3.65. The number of nitrogens with zero attached hydrogens (tertiary/aromatic N) is 1. The molecule has 1 aromatic heterocycles. The smallest absolute Gasteiger partial charge is 0.0807 e. The van der Waals surface area contributed by atoms with Crippen LogP contribution in [0.5, 0.6) is 0 Å². The summed E-state index contributed by atoms with van der Waals surface area (Å²) in [4.78, 5) is 0. The van der Waals surface area contributed by atoms with Crippen LogP contribution in [0.25, 0.3) is 0 Å². The van der Waals surface area contributed by atoms with Gasteiger partial charge in [0, 0.05) is 24.5 Å². The molecule has 1 aromatic rings. The van der Waals surface area contributed by atoms with Gasteiger partial charge in [0.2, 0.25) is 0 Å². The Balaban J connectivity index is 2.09. The van der Waals surface area contributed by atoms with Crippen molar-refractivity contribution in [1.82, 2.24) is 4.57 Å². The highest BCUT2D eigenvalue weighted by Crippen LogP contribution is 2.30. The van der Waals surface area contributed by atoms with Crippen LogP contribution in [0.1, 0.15) is 63.7 Å². The first-order valence-corrected chi connectivity index (χ1v) is 6.82. The maximum Gasteiger partial charge on any atom is 0.0807 e. The van der Waals surface area contributed by atoms with Gasteiger partial charge in [-0.2, -0.15) is 0 Å². The van der Waals surface area contributed by atoms with Crippen LogP contribution in [0.3, 0.4) is 0 Å². The fraction of sp³-hybridized carbons (Fsp3) is 0.733. The van der Waals surface area contributed by atoms with Crippen molar-refractivity contribution >= 4 is 0 Å². The molecular formula is C15H25NO. The van der Waals surface area contributed by atoms with Crippen molar-refractivity contribution in [3.63, 3.8) is 0 Å². The minimum absolute atomic E-state index is 0.233. The Kier molecular flexibility index (Phi) is 3.62. The first-order chi connectivity index (χ1) is 7.96. The van der Waals surface area contributed by atoms with Gasteiger partial charge in [-0.3, -0.25) is 0 Å². The third kappa shape index (κ3) is 3.35. The zero-order valence-corrected chi connectivity index (χ0v) is 11.4. The Morgan fingerprint density at radius 2 is 2.06 bits per heavy atom. The predicted octanol–water partition coefficient (Wildman–Crippen LogP) is 3.68. The second-order valence-corrected chi connectivity index (χ2v) is 6.55. The number of rotatable bonds is 2. The summed E-state index contributed by atoms with van der Waals surface area (Å²) in [5.41, 5.74) is 2.92. The molecule has 0 saturated carbocycles. The molecule has 1 aliphatic carbocycles. The molecule has 0 fully saturated rings. The number of hydrogen-bond acceptors (Lipinski definition) is 1. The SMILES string of the molecule is CC(C)(C)CCn1cc2c(c1)C(O)CCCC2. The molecule has 0 bridgehead atoms. The molecule has 1 N–H and O–H groups in total. The van der Waals surface area contributed by atoms with Gasteiger partial charge >= 0.3 is 0 Å². The van der Waals surface area contributed by atoms with Crippen LogP contribution in [0.15, 0.2) is 12.4 Å². The van der Waals surface area contributed by atoms with Crippen molar-refractivity contribution in [2.24, 2.45) is 5.41 Å². The molecule has 0 saturated heterocycles. The molecule has 2 heteroatoms. The summed E-state index contributed by atoms with van der Waals surface area (Å²) < 4.78 is 2.27. The molecule has 17 heavy (non-hydrogen) atoms. The van der Waals surface area contributed by atoms with Crippen molar-refractivity contribution < 1.29 is 5.11 Å². The first-order valence-electron chi connectivity index (χ1n) is 6.82. The second kappa shape index (κ2) is 4.85. The van der Waals surface area contributed by atoms with E-state index in [1.54, 1.807) is 0 Å². The van der Waals surface area contributed by atoms with Crippen LogP contribution in [0.4, 0.5) is 0 Å². The number of fused-ring (bicyclic) bond motifs is 1. The molecule has 1 aliphatic rings. The summed E-state index contributed by atoms with van der Waals surface area (Å²) in [5, 5.41) is 10.1. The van der Waals surface area contributed by atoms with Crippen LogP contribution < -0.4 is 0 Å². The highest BCUT2D eigenvalue weighted by Gasteiger charge is 2.19. The zero-order chi connectivity index (χ0) is 12.5. The Hall–Kier alpha value is -0.760. The van der Waals surface area contributed by atoms with E-state index in [4.69, 9.17) is 0 Å². The number of hydrogen-bond donors (Lipinski definition) is 1. The Morgan fingerprint density at radius 1 is 1.29 bits per heavy atom. The molecule has 0 radical (unpaired) electrons. The molecule has 2 rings (SSSR count). The van der Waals surface area contributed by atoms with Crippen LogP contribution in [0.2, 0.25) is 0 Å². The van der Waals surface area contributed by atoms with E-state index in [1.807, 2.05) is 0 Å². The van der Waals surface area contributed by atoms with Crippen LogP contribution in [-0.4, -0.2) is 9.67 Å². The highest BCUT2D eigenvalue weighted by atomic mass is 16.3. The fourth-order valence-electron chi connectivity index (χ4n) is 2.48. The van der Waals surface area contributed by atoms with Crippen molar-refractivity contribution in [3.8, 4) is 0 Å². The van der Waals surface area contributed by atoms with Gasteiger partial charge in [0.15, 0.2) is 0 Å². The predicted molar refractivity (Wildman–Crippen MR) is 71.0 cm³/mol. The summed E-state index contributed by atoms with van der Waals surface area (Å²) in [6.45, 7) is 7.88. The van der Waals surface area contributed by atoms with E-state index in [2.05, 4.69) is 37.7 Å². The molecular weight excluding hydrogens is 210 g/mol. The summed E-state index contributed by atoms with van der Waals surface area (Å²) in [6.07, 6.45) is 9.78. The monoisotopic (exact) mass is 235 g/mol. The number of aromatic nitrogens is 1. The quantitative estimate of drug-likeness (QED) is 0.777. The molecule has 0 aliphatic heterocycles. The molecule has 96 valence electrons. The van der Waals surface area contributed by atoms with Gasteiger partial charge in [0.1, 0.15) is 0 Å². The van der Waals surface area contributed by atoms with E-state index in [0.717, 1.165) is 25.8 Å². The lowest BCUT2D eigenvalue weighted by atomic mass is 9.92. The normalized spacial score (nSPS) is 21.1. The average molecular weight is 235 g/mol. The van der Waals surface area contributed by atoms with E-state index in [1.165, 1.54) is 24.0 Å². The number of aliphatic hydroxyl groups is 1. The van der Waals surface area contributed by atoms with Gasteiger partial charge in [0.05, 0.1) is 6.10 Å². The van der Waals surface area contributed by atoms with Crippen molar-refractivity contribution in [3.05, 3.63) is 23.5 Å². The minimum atomic E-state index is -0.233. The molecule has 2 nitrogen and oxygen atoms in total. The van der Waals surface area contributed by atoms with Gasteiger partial charge in [-0.05, 0) is 36.7 Å². The van der Waals surface area contributed by atoms with Crippen molar-refractivity contribution in [2.45, 2.75) is 65.5 Å². The van der Waals surface area contributed by atoms with Crippen molar-refractivity contribution in [2.75, 3.05) is 0 Å². The molecule has 0 amide bonds. The maximum atomic E-state index is 10.1. The molecule has 1 heterocycles. The molecule has 1 unspecified atom stereocenters. The second-order valence-electron chi connectivity index (χ2n) is 6.55. The third-order valence-electron chi connectivity index (χ3n) is 3.65. The highest BCUT2D eigenvalue weighted by molar-refractivity contribution is 5.27. The van der Waals surface area contributed by atoms with Crippen LogP contribution >= 0.6 is 0 Å². The first kappa shape index (κ1) is 12.7. The summed E-state index contributed by atoms with van der Waals surface area (Å²) in [6, 6.07) is 0. The van der Waals surface area contributed by atoms with Crippen LogP contribution in [-0.2, 0) is 13.0 Å². The molecule has 0 aromatic carbocycles. The van der Waals surface area contributed by atoms with E-state index in [9.17, 15) is 5.11 Å². The summed E-state index contributed by atoms with van der Waals surface area (Å²) in [5.74, 6) is 0. The Morgan fingerprint density at radius 3 is 2.76 bits per heavy atom. The minimum Gasteiger partial charge on any atom is -0.388 e. The van der Waals surface area contributed by atoms with Gasteiger partial charge in [-0.15, -0.1) is 0 Å². The maximum absolute atomic E-state index is 10.1. The van der Waals surface area contributed by atoms with Crippen molar-refractivity contribution in [1.29, 1.82) is 0 Å².